The van der Waals surface area contributed by atoms with Crippen LogP contribution >= 0.6 is 0 Å². The first-order valence-electron chi connectivity index (χ1n) is 9.95. The van der Waals surface area contributed by atoms with E-state index >= 15 is 0 Å². The summed E-state index contributed by atoms with van der Waals surface area (Å²) in [6, 6.07) is -0.394. The lowest BCUT2D eigenvalue weighted by atomic mass is 9.81. The number of nitrogens with zero attached hydrogens (tertiary/aromatic N) is 3. The van der Waals surface area contributed by atoms with Crippen LogP contribution in [0, 0.1) is 5.92 Å². The molecule has 0 aromatic rings. The minimum Gasteiger partial charge on any atom is -0.466 e. The SMILES string of the molecule is CCOC(=O)C1CCCN(C(=O)CN2C(=O)N(C)C3(CCCCC3)C2=O)C1. The van der Waals surface area contributed by atoms with Crippen molar-refractivity contribution in [3.8, 4) is 0 Å². The fourth-order valence-electron chi connectivity index (χ4n) is 4.56. The molecule has 0 radical (unpaired) electrons. The number of esters is 1. The minimum absolute atomic E-state index is 0.248. The smallest absolute Gasteiger partial charge is 0.327 e. The highest BCUT2D eigenvalue weighted by atomic mass is 16.5. The molecule has 4 amide bonds. The predicted octanol–water partition coefficient (Wildman–Crippen LogP) is 1.38. The highest BCUT2D eigenvalue weighted by Crippen LogP contribution is 2.39. The lowest BCUT2D eigenvalue weighted by molar-refractivity contribution is -0.152. The minimum atomic E-state index is -0.773. The summed E-state index contributed by atoms with van der Waals surface area (Å²) in [7, 11) is 1.66. The molecule has 2 aliphatic heterocycles. The van der Waals surface area contributed by atoms with E-state index < -0.39 is 11.6 Å². The quantitative estimate of drug-likeness (QED) is 0.544. The van der Waals surface area contributed by atoms with Crippen LogP contribution in [0.1, 0.15) is 51.9 Å². The molecule has 1 aliphatic carbocycles. The number of piperidine rings is 1. The Labute approximate surface area is 159 Å². The van der Waals surface area contributed by atoms with Crippen molar-refractivity contribution in [2.75, 3.05) is 33.3 Å². The van der Waals surface area contributed by atoms with Gasteiger partial charge in [0, 0.05) is 20.1 Å². The first kappa shape index (κ1) is 19.6. The maximum absolute atomic E-state index is 13.0. The molecular weight excluding hydrogens is 350 g/mol. The van der Waals surface area contributed by atoms with E-state index in [1.807, 2.05) is 0 Å². The largest absolute Gasteiger partial charge is 0.466 e. The molecule has 1 saturated carbocycles. The molecule has 1 unspecified atom stereocenters. The second-order valence-electron chi connectivity index (χ2n) is 7.76. The average Bonchev–Trinajstić information content (AvgIpc) is 2.85. The number of likely N-dealkylation sites (tertiary alicyclic amines) is 1. The topological polar surface area (TPSA) is 87.2 Å². The molecule has 3 aliphatic rings. The first-order chi connectivity index (χ1) is 12.9. The Balaban J connectivity index is 1.66. The summed E-state index contributed by atoms with van der Waals surface area (Å²) >= 11 is 0. The molecule has 0 aromatic heterocycles. The molecule has 0 N–H and O–H groups in total. The number of hydrogen-bond acceptors (Lipinski definition) is 5. The fourth-order valence-corrected chi connectivity index (χ4v) is 4.56. The third-order valence-corrected chi connectivity index (χ3v) is 6.17. The number of rotatable bonds is 4. The van der Waals surface area contributed by atoms with Crippen LogP contribution in [0.2, 0.25) is 0 Å². The van der Waals surface area contributed by atoms with Gasteiger partial charge in [-0.1, -0.05) is 19.3 Å². The monoisotopic (exact) mass is 379 g/mol. The zero-order chi connectivity index (χ0) is 19.6. The van der Waals surface area contributed by atoms with Crippen LogP contribution in [-0.2, 0) is 19.1 Å². The Morgan fingerprint density at radius 3 is 2.52 bits per heavy atom. The van der Waals surface area contributed by atoms with Crippen molar-refractivity contribution in [1.82, 2.24) is 14.7 Å². The maximum Gasteiger partial charge on any atom is 0.327 e. The Hall–Kier alpha value is -2.12. The summed E-state index contributed by atoms with van der Waals surface area (Å²) in [5.41, 5.74) is -0.773. The van der Waals surface area contributed by atoms with Crippen molar-refractivity contribution in [2.45, 2.75) is 57.4 Å². The molecule has 3 rings (SSSR count). The zero-order valence-electron chi connectivity index (χ0n) is 16.2. The van der Waals surface area contributed by atoms with Gasteiger partial charge in [0.25, 0.3) is 5.91 Å². The van der Waals surface area contributed by atoms with Crippen molar-refractivity contribution in [3.63, 3.8) is 0 Å². The van der Waals surface area contributed by atoms with Gasteiger partial charge >= 0.3 is 12.0 Å². The third-order valence-electron chi connectivity index (χ3n) is 6.17. The molecule has 2 heterocycles. The summed E-state index contributed by atoms with van der Waals surface area (Å²) in [5.74, 6) is -1.15. The molecular formula is C19H29N3O5. The second-order valence-corrected chi connectivity index (χ2v) is 7.76. The van der Waals surface area contributed by atoms with Gasteiger partial charge in [0.2, 0.25) is 5.91 Å². The Kier molecular flexibility index (Phi) is 5.72. The van der Waals surface area contributed by atoms with Crippen molar-refractivity contribution >= 4 is 23.8 Å². The summed E-state index contributed by atoms with van der Waals surface area (Å²) in [6.45, 7) is 2.64. The van der Waals surface area contributed by atoms with Crippen LogP contribution in [0.25, 0.3) is 0 Å². The van der Waals surface area contributed by atoms with Crippen LogP contribution in [0.15, 0.2) is 0 Å². The Morgan fingerprint density at radius 2 is 1.85 bits per heavy atom. The van der Waals surface area contributed by atoms with Gasteiger partial charge in [-0.05, 0) is 32.6 Å². The first-order valence-corrected chi connectivity index (χ1v) is 9.95. The number of urea groups is 1. The van der Waals surface area contributed by atoms with Crippen LogP contribution in [0.5, 0.6) is 0 Å². The molecule has 27 heavy (non-hydrogen) atoms. The summed E-state index contributed by atoms with van der Waals surface area (Å²) < 4.78 is 5.06. The van der Waals surface area contributed by atoms with E-state index in [0.29, 0.717) is 38.8 Å². The van der Waals surface area contributed by atoms with Crippen LogP contribution < -0.4 is 0 Å². The lowest BCUT2D eigenvalue weighted by Gasteiger charge is -2.36. The van der Waals surface area contributed by atoms with Crippen molar-refractivity contribution in [3.05, 3.63) is 0 Å². The number of hydrogen-bond donors (Lipinski definition) is 0. The normalized spacial score (nSPS) is 25.3. The van der Waals surface area contributed by atoms with Crippen molar-refractivity contribution in [1.29, 1.82) is 0 Å². The predicted molar refractivity (Wildman–Crippen MR) is 96.6 cm³/mol. The van der Waals surface area contributed by atoms with Gasteiger partial charge in [-0.2, -0.15) is 0 Å². The van der Waals surface area contributed by atoms with Gasteiger partial charge in [-0.25, -0.2) is 4.79 Å². The van der Waals surface area contributed by atoms with Crippen LogP contribution in [-0.4, -0.2) is 77.3 Å². The van der Waals surface area contributed by atoms with Crippen LogP contribution in [0.4, 0.5) is 4.79 Å². The zero-order valence-corrected chi connectivity index (χ0v) is 16.2. The van der Waals surface area contributed by atoms with Crippen LogP contribution in [0.3, 0.4) is 0 Å². The number of carbonyl (C=O) groups is 4. The van der Waals surface area contributed by atoms with E-state index in [9.17, 15) is 19.2 Å². The van der Waals surface area contributed by atoms with Crippen molar-refractivity contribution < 1.29 is 23.9 Å². The maximum atomic E-state index is 13.0. The number of likely N-dealkylation sites (N-methyl/N-ethyl adjacent to an activating group) is 1. The number of ether oxygens (including phenoxy) is 1. The molecule has 0 aromatic carbocycles. The van der Waals surface area contributed by atoms with E-state index in [4.69, 9.17) is 4.74 Å². The van der Waals surface area contributed by atoms with Gasteiger partial charge < -0.3 is 14.5 Å². The van der Waals surface area contributed by atoms with Gasteiger partial charge in [-0.3, -0.25) is 19.3 Å². The van der Waals surface area contributed by atoms with E-state index in [1.165, 1.54) is 4.90 Å². The molecule has 3 fully saturated rings. The summed E-state index contributed by atoms with van der Waals surface area (Å²) in [4.78, 5) is 54.6. The third kappa shape index (κ3) is 3.53. The van der Waals surface area contributed by atoms with Gasteiger partial charge in [-0.15, -0.1) is 0 Å². The second kappa shape index (κ2) is 7.86. The lowest BCUT2D eigenvalue weighted by Crippen LogP contribution is -2.50. The standard InChI is InChI=1S/C19H29N3O5/c1-3-27-16(24)14-8-7-11-21(12-14)15(23)13-22-17(25)19(20(2)18(22)26)9-5-4-6-10-19/h14H,3-13H2,1-2H3. The summed E-state index contributed by atoms with van der Waals surface area (Å²) in [5, 5.41) is 0. The number of carbonyl (C=O) groups excluding carboxylic acids is 4. The molecule has 150 valence electrons. The van der Waals surface area contributed by atoms with E-state index in [1.54, 1.807) is 18.9 Å². The molecule has 1 atom stereocenters. The van der Waals surface area contributed by atoms with Gasteiger partial charge in [0.1, 0.15) is 12.1 Å². The molecule has 1 spiro atoms. The van der Waals surface area contributed by atoms with Crippen molar-refractivity contribution in [2.24, 2.45) is 5.92 Å². The van der Waals surface area contributed by atoms with Gasteiger partial charge in [0.05, 0.1) is 12.5 Å². The molecule has 8 heteroatoms. The number of imide groups is 1. The van der Waals surface area contributed by atoms with E-state index in [2.05, 4.69) is 0 Å². The molecule has 2 saturated heterocycles. The van der Waals surface area contributed by atoms with E-state index in [0.717, 1.165) is 24.2 Å². The highest BCUT2D eigenvalue weighted by molar-refractivity contribution is 6.09. The summed E-state index contributed by atoms with van der Waals surface area (Å²) in [6.07, 6.45) is 5.62. The fraction of sp³-hybridized carbons (Fsp3) is 0.789. The Bertz CT molecular complexity index is 629. The van der Waals surface area contributed by atoms with E-state index in [-0.39, 0.29) is 36.8 Å². The molecule has 0 bridgehead atoms. The highest BCUT2D eigenvalue weighted by Gasteiger charge is 2.56. The van der Waals surface area contributed by atoms with Gasteiger partial charge in [0.15, 0.2) is 0 Å². The average molecular weight is 379 g/mol. The number of amides is 4. The Morgan fingerprint density at radius 1 is 1.15 bits per heavy atom. The molecule has 8 nitrogen and oxygen atoms in total.